The van der Waals surface area contributed by atoms with E-state index in [1.165, 1.54) is 14.0 Å². The molecule has 0 bridgehead atoms. The molecule has 0 aromatic carbocycles. The summed E-state index contributed by atoms with van der Waals surface area (Å²) in [7, 11) is 1.88. The Morgan fingerprint density at radius 1 is 1.33 bits per heavy atom. The molecule has 0 atom stereocenters. The van der Waals surface area contributed by atoms with Crippen molar-refractivity contribution in [1.82, 2.24) is 18.2 Å². The Morgan fingerprint density at radius 2 is 2.05 bits per heavy atom. The highest BCUT2D eigenvalue weighted by Crippen LogP contribution is 2.26. The minimum Gasteiger partial charge on any atom is -0.349 e. The van der Waals surface area contributed by atoms with E-state index in [-0.39, 0.29) is 0 Å². The lowest BCUT2D eigenvalue weighted by Gasteiger charge is -2.39. The number of hydrogen-bond donors (Lipinski definition) is 0. The predicted molar refractivity (Wildman–Crippen MR) is 82.1 cm³/mol. The van der Waals surface area contributed by atoms with Gasteiger partial charge in [0.1, 0.15) is 0 Å². The molecule has 1 aliphatic rings. The lowest BCUT2D eigenvalue weighted by Crippen LogP contribution is -2.54. The third-order valence-corrected chi connectivity index (χ3v) is 5.93. The molecule has 0 aliphatic carbocycles. The number of nitrogens with zero attached hydrogens (tertiary/aromatic N) is 4. The zero-order valence-corrected chi connectivity index (χ0v) is 13.3. The number of hydrogen-bond acceptors (Lipinski definition) is 3. The van der Waals surface area contributed by atoms with Crippen LogP contribution < -0.4 is 0 Å². The highest BCUT2D eigenvalue weighted by Gasteiger charge is 2.37. The summed E-state index contributed by atoms with van der Waals surface area (Å²) >= 11 is 0. The Bertz CT molecular complexity index is 760. The third kappa shape index (κ3) is 2.45. The number of rotatable bonds is 4. The molecule has 0 unspecified atom stereocenters. The molecule has 21 heavy (non-hydrogen) atoms. The van der Waals surface area contributed by atoms with Gasteiger partial charge in [0.05, 0.1) is 11.2 Å². The molecule has 0 N–H and O–H groups in total. The second kappa shape index (κ2) is 5.08. The molecule has 6 nitrogen and oxygen atoms in total. The van der Waals surface area contributed by atoms with Crippen molar-refractivity contribution in [1.29, 1.82) is 0 Å². The highest BCUT2D eigenvalue weighted by molar-refractivity contribution is 7.86. The van der Waals surface area contributed by atoms with Crippen molar-refractivity contribution in [2.75, 3.05) is 27.2 Å². The summed E-state index contributed by atoms with van der Waals surface area (Å²) in [6, 6.07) is 4.08. The van der Waals surface area contributed by atoms with Gasteiger partial charge in [0.15, 0.2) is 0 Å². The summed E-state index contributed by atoms with van der Waals surface area (Å²) in [6.45, 7) is 1.14. The number of aromatic nitrogens is 2. The van der Waals surface area contributed by atoms with Gasteiger partial charge >= 0.3 is 0 Å². The predicted octanol–water partition coefficient (Wildman–Crippen LogP) is 0.854. The Kier molecular flexibility index (Phi) is 3.51. The zero-order valence-electron chi connectivity index (χ0n) is 12.5. The van der Waals surface area contributed by atoms with Crippen molar-refractivity contribution < 1.29 is 8.42 Å². The molecule has 7 heteroatoms. The molecule has 1 saturated heterocycles. The fraction of sp³-hybridized carbons (Fsp3) is 0.500. The maximum Gasteiger partial charge on any atom is 0.281 e. The molecule has 1 fully saturated rings. The van der Waals surface area contributed by atoms with Gasteiger partial charge in [0.2, 0.25) is 0 Å². The first-order valence-electron chi connectivity index (χ1n) is 6.96. The second-order valence-corrected chi connectivity index (χ2v) is 7.94. The van der Waals surface area contributed by atoms with Crippen LogP contribution >= 0.6 is 0 Å². The Labute approximate surface area is 125 Å². The monoisotopic (exact) mass is 308 g/mol. The van der Waals surface area contributed by atoms with Crippen molar-refractivity contribution >= 4 is 21.1 Å². The summed E-state index contributed by atoms with van der Waals surface area (Å²) < 4.78 is 28.8. The standard InChI is InChI=1S/C14H20N4O2S/c1-16(2)21(19,20)18-9-11(10-18)8-13-14-12(4-6-15-13)5-7-17(14)3/h4-7,11H,8-10H2,1-3H3. The van der Waals surface area contributed by atoms with Crippen LogP contribution in [-0.4, -0.2) is 53.8 Å². The maximum atomic E-state index is 12.0. The topological polar surface area (TPSA) is 58.4 Å². The van der Waals surface area contributed by atoms with E-state index in [1.807, 2.05) is 25.5 Å². The van der Waals surface area contributed by atoms with Gasteiger partial charge in [-0.2, -0.15) is 17.0 Å². The van der Waals surface area contributed by atoms with E-state index in [0.717, 1.165) is 17.6 Å². The smallest absolute Gasteiger partial charge is 0.281 e. The van der Waals surface area contributed by atoms with Gasteiger partial charge in [0, 0.05) is 52.0 Å². The van der Waals surface area contributed by atoms with E-state index in [1.54, 1.807) is 14.1 Å². The summed E-state index contributed by atoms with van der Waals surface area (Å²) in [5.74, 6) is 0.340. The van der Waals surface area contributed by atoms with Crippen molar-refractivity contribution in [2.45, 2.75) is 6.42 Å². The number of aryl methyl sites for hydroxylation is 1. The van der Waals surface area contributed by atoms with Crippen LogP contribution in [0.2, 0.25) is 0 Å². The average molecular weight is 308 g/mol. The van der Waals surface area contributed by atoms with Crippen molar-refractivity contribution in [3.8, 4) is 0 Å². The summed E-state index contributed by atoms with van der Waals surface area (Å²) in [5.41, 5.74) is 2.19. The van der Waals surface area contributed by atoms with E-state index in [4.69, 9.17) is 0 Å². The molecule has 0 saturated carbocycles. The van der Waals surface area contributed by atoms with E-state index in [2.05, 4.69) is 15.6 Å². The molecule has 3 rings (SSSR count). The Balaban J connectivity index is 1.73. The summed E-state index contributed by atoms with van der Waals surface area (Å²) in [4.78, 5) is 4.48. The molecule has 1 aliphatic heterocycles. The van der Waals surface area contributed by atoms with E-state index in [9.17, 15) is 8.42 Å². The van der Waals surface area contributed by atoms with Crippen molar-refractivity contribution in [3.63, 3.8) is 0 Å². The van der Waals surface area contributed by atoms with Crippen LogP contribution in [0.15, 0.2) is 24.5 Å². The molecule has 2 aromatic heterocycles. The van der Waals surface area contributed by atoms with Crippen LogP contribution in [-0.2, 0) is 23.7 Å². The number of pyridine rings is 1. The largest absolute Gasteiger partial charge is 0.349 e. The second-order valence-electron chi connectivity index (χ2n) is 5.80. The first-order chi connectivity index (χ1) is 9.89. The molecule has 0 radical (unpaired) electrons. The zero-order chi connectivity index (χ0) is 15.2. The lowest BCUT2D eigenvalue weighted by atomic mass is 9.96. The van der Waals surface area contributed by atoms with Crippen LogP contribution in [0.1, 0.15) is 5.69 Å². The molecule has 3 heterocycles. The summed E-state index contributed by atoms with van der Waals surface area (Å²) in [5, 5.41) is 1.18. The van der Waals surface area contributed by atoms with Gasteiger partial charge in [-0.15, -0.1) is 0 Å². The van der Waals surface area contributed by atoms with Crippen molar-refractivity contribution in [3.05, 3.63) is 30.2 Å². The third-order valence-electron chi connectivity index (χ3n) is 4.06. The van der Waals surface area contributed by atoms with Gasteiger partial charge in [-0.3, -0.25) is 4.98 Å². The van der Waals surface area contributed by atoms with Gasteiger partial charge in [-0.25, -0.2) is 0 Å². The van der Waals surface area contributed by atoms with Gasteiger partial charge in [-0.1, -0.05) is 0 Å². The normalized spacial score (nSPS) is 17.5. The van der Waals surface area contributed by atoms with Crippen LogP contribution in [0, 0.1) is 5.92 Å². The Hall–Kier alpha value is -1.44. The number of fused-ring (bicyclic) bond motifs is 1. The quantitative estimate of drug-likeness (QED) is 0.841. The minimum atomic E-state index is -3.26. The highest BCUT2D eigenvalue weighted by atomic mass is 32.2. The fourth-order valence-corrected chi connectivity index (χ4v) is 4.08. The SMILES string of the molecule is CN(C)S(=O)(=O)N1CC(Cc2nccc3ccn(C)c23)C1. The van der Waals surface area contributed by atoms with Gasteiger partial charge in [-0.05, 0) is 24.5 Å². The van der Waals surface area contributed by atoms with Crippen LogP contribution in [0.25, 0.3) is 10.9 Å². The minimum absolute atomic E-state index is 0.340. The van der Waals surface area contributed by atoms with Gasteiger partial charge in [0.25, 0.3) is 10.2 Å². The average Bonchev–Trinajstić information content (AvgIpc) is 2.75. The summed E-state index contributed by atoms with van der Waals surface area (Å²) in [6.07, 6.45) is 4.67. The lowest BCUT2D eigenvalue weighted by molar-refractivity contribution is 0.189. The van der Waals surface area contributed by atoms with E-state index < -0.39 is 10.2 Å². The first-order valence-corrected chi connectivity index (χ1v) is 8.36. The molecule has 0 amide bonds. The fourth-order valence-electron chi connectivity index (χ4n) is 2.82. The van der Waals surface area contributed by atoms with E-state index in [0.29, 0.717) is 19.0 Å². The maximum absolute atomic E-state index is 12.0. The first kappa shape index (κ1) is 14.5. The van der Waals surface area contributed by atoms with E-state index >= 15 is 0 Å². The Morgan fingerprint density at radius 3 is 2.71 bits per heavy atom. The van der Waals surface area contributed by atoms with Crippen LogP contribution in [0.3, 0.4) is 0 Å². The molecular weight excluding hydrogens is 288 g/mol. The molecule has 0 spiro atoms. The molecule has 114 valence electrons. The van der Waals surface area contributed by atoms with Gasteiger partial charge < -0.3 is 4.57 Å². The van der Waals surface area contributed by atoms with Crippen LogP contribution in [0.5, 0.6) is 0 Å². The van der Waals surface area contributed by atoms with Crippen LogP contribution in [0.4, 0.5) is 0 Å². The van der Waals surface area contributed by atoms with Crippen molar-refractivity contribution in [2.24, 2.45) is 13.0 Å². The molecule has 2 aromatic rings. The molecular formula is C14H20N4O2S.